The molecule has 0 heterocycles. The minimum atomic E-state index is -1.45. The Morgan fingerprint density at radius 2 is 1.75 bits per heavy atom. The van der Waals surface area contributed by atoms with E-state index in [1.54, 1.807) is 0 Å². The molecular formula is C7H14As+. The zero-order valence-electron chi connectivity index (χ0n) is 5.94. The fraction of sp³-hybridized carbons (Fsp3) is 0.714. The molecule has 1 heteroatoms. The third-order valence-electron chi connectivity index (χ3n) is 1.71. The van der Waals surface area contributed by atoms with E-state index in [-0.39, 0.29) is 0 Å². The van der Waals surface area contributed by atoms with Gasteiger partial charge in [-0.3, -0.25) is 0 Å². The van der Waals surface area contributed by atoms with E-state index >= 15 is 0 Å². The average molecular weight is 173 g/mol. The van der Waals surface area contributed by atoms with Crippen LogP contribution in [0, 0.1) is 11.1 Å². The molecule has 0 nitrogen and oxygen atoms in total. The van der Waals surface area contributed by atoms with E-state index in [1.807, 2.05) is 0 Å². The van der Waals surface area contributed by atoms with Crippen molar-refractivity contribution in [1.29, 1.82) is 0 Å². The monoisotopic (exact) mass is 173 g/mol. The Kier molecular flexibility index (Phi) is 3.25. The van der Waals surface area contributed by atoms with Gasteiger partial charge in [-0.05, 0) is 0 Å². The van der Waals surface area contributed by atoms with Gasteiger partial charge >= 0.3 is 54.7 Å². The molecule has 0 unspecified atom stereocenters. The zero-order chi connectivity index (χ0) is 6.62. The molecule has 46 valence electrons. The van der Waals surface area contributed by atoms with Crippen molar-refractivity contribution in [2.24, 2.45) is 0 Å². The van der Waals surface area contributed by atoms with E-state index in [2.05, 4.69) is 24.3 Å². The van der Waals surface area contributed by atoms with Crippen LogP contribution in [0.4, 0.5) is 0 Å². The summed E-state index contributed by atoms with van der Waals surface area (Å²) in [6.07, 6.45) is 5.35. The predicted octanol–water partition coefficient (Wildman–Crippen LogP) is 2.28. The van der Waals surface area contributed by atoms with Crippen LogP contribution in [-0.2, 0) is 0 Å². The Hall–Kier alpha value is 0.118. The van der Waals surface area contributed by atoms with Gasteiger partial charge in [0.05, 0.1) is 0 Å². The predicted molar refractivity (Wildman–Crippen MR) is 41.4 cm³/mol. The SMILES string of the molecule is C#C[As+](C)(CC)CC. The van der Waals surface area contributed by atoms with Crippen molar-refractivity contribution in [1.82, 2.24) is 0 Å². The summed E-state index contributed by atoms with van der Waals surface area (Å²) >= 11 is -1.45. The van der Waals surface area contributed by atoms with E-state index in [1.165, 1.54) is 10.4 Å². The van der Waals surface area contributed by atoms with Gasteiger partial charge in [-0.2, -0.15) is 0 Å². The van der Waals surface area contributed by atoms with Gasteiger partial charge in [0.15, 0.2) is 0 Å². The Labute approximate surface area is 55.1 Å². The molecular weight excluding hydrogens is 159 g/mol. The van der Waals surface area contributed by atoms with E-state index in [4.69, 9.17) is 6.42 Å². The molecule has 0 saturated heterocycles. The van der Waals surface area contributed by atoms with Crippen molar-refractivity contribution in [2.75, 3.05) is 0 Å². The van der Waals surface area contributed by atoms with Gasteiger partial charge in [-0.1, -0.05) is 0 Å². The van der Waals surface area contributed by atoms with Gasteiger partial charge < -0.3 is 0 Å². The van der Waals surface area contributed by atoms with Crippen molar-refractivity contribution in [3.63, 3.8) is 0 Å². The second-order valence-electron chi connectivity index (χ2n) is 2.16. The molecule has 0 rings (SSSR count). The Bertz CT molecular complexity index is 95.4. The maximum absolute atomic E-state index is 5.35. The second-order valence-corrected chi connectivity index (χ2v) is 11.2. The topological polar surface area (TPSA) is 0 Å². The van der Waals surface area contributed by atoms with Gasteiger partial charge in [0.1, 0.15) is 0 Å². The molecule has 0 atom stereocenters. The van der Waals surface area contributed by atoms with E-state index < -0.39 is 13.6 Å². The zero-order valence-corrected chi connectivity index (χ0v) is 7.82. The van der Waals surface area contributed by atoms with E-state index in [9.17, 15) is 0 Å². The molecule has 0 aromatic heterocycles. The third kappa shape index (κ3) is 1.93. The Morgan fingerprint density at radius 3 is 1.75 bits per heavy atom. The first-order valence-corrected chi connectivity index (χ1v) is 8.47. The molecule has 0 fully saturated rings. The first-order chi connectivity index (χ1) is 3.68. The van der Waals surface area contributed by atoms with Gasteiger partial charge in [-0.25, -0.2) is 0 Å². The number of hydrogen-bond donors (Lipinski definition) is 0. The summed E-state index contributed by atoms with van der Waals surface area (Å²) in [5.41, 5.74) is 2.29. The molecule has 0 bridgehead atoms. The fourth-order valence-corrected chi connectivity index (χ4v) is 2.11. The first-order valence-electron chi connectivity index (χ1n) is 3.01. The van der Waals surface area contributed by atoms with Crippen molar-refractivity contribution in [2.45, 2.75) is 30.0 Å². The molecule has 0 aliphatic heterocycles. The first kappa shape index (κ1) is 8.12. The molecule has 0 radical (unpaired) electrons. The van der Waals surface area contributed by atoms with Crippen LogP contribution in [0.25, 0.3) is 0 Å². The number of rotatable bonds is 2. The summed E-state index contributed by atoms with van der Waals surface area (Å²) < 4.78 is 2.95. The Morgan fingerprint density at radius 1 is 1.38 bits per heavy atom. The molecule has 0 aromatic rings. The third-order valence-corrected chi connectivity index (χ3v) is 8.87. The van der Waals surface area contributed by atoms with Crippen LogP contribution < -0.4 is 0 Å². The molecule has 0 aliphatic rings. The summed E-state index contributed by atoms with van der Waals surface area (Å²) in [4.78, 5) is 0. The summed E-state index contributed by atoms with van der Waals surface area (Å²) in [6, 6.07) is 0. The van der Waals surface area contributed by atoms with Crippen molar-refractivity contribution in [3.8, 4) is 11.1 Å². The number of hydrogen-bond acceptors (Lipinski definition) is 0. The maximum atomic E-state index is 5.35. The molecule has 8 heavy (non-hydrogen) atoms. The molecule has 0 aromatic carbocycles. The Balaban J connectivity index is 3.83. The average Bonchev–Trinajstić information content (AvgIpc) is 1.87. The van der Waals surface area contributed by atoms with Crippen LogP contribution in [0.15, 0.2) is 0 Å². The van der Waals surface area contributed by atoms with Gasteiger partial charge in [-0.15, -0.1) is 0 Å². The molecule has 0 aliphatic carbocycles. The van der Waals surface area contributed by atoms with E-state index in [0.29, 0.717) is 0 Å². The summed E-state index contributed by atoms with van der Waals surface area (Å²) in [7, 11) is 0. The minimum absolute atomic E-state index is 1.26. The van der Waals surface area contributed by atoms with Gasteiger partial charge in [0.2, 0.25) is 0 Å². The van der Waals surface area contributed by atoms with Gasteiger partial charge in [0.25, 0.3) is 0 Å². The fourth-order valence-electron chi connectivity index (χ4n) is 0.406. The van der Waals surface area contributed by atoms with E-state index in [0.717, 1.165) is 0 Å². The van der Waals surface area contributed by atoms with Gasteiger partial charge in [0, 0.05) is 0 Å². The summed E-state index contributed by atoms with van der Waals surface area (Å²) in [6.45, 7) is 4.41. The van der Waals surface area contributed by atoms with Crippen LogP contribution >= 0.6 is 0 Å². The summed E-state index contributed by atoms with van der Waals surface area (Å²) in [5, 5.41) is 2.51. The molecule has 0 saturated carbocycles. The standard InChI is InChI=1S/C7H14As/c1-5-8(4,6-2)7-3/h1H,6-7H2,2-4H3/q+1. The van der Waals surface area contributed by atoms with Crippen molar-refractivity contribution in [3.05, 3.63) is 0 Å². The second kappa shape index (κ2) is 3.20. The number of terminal acetylenes is 1. The normalized spacial score (nSPS) is 10.8. The molecule has 0 amide bonds. The summed E-state index contributed by atoms with van der Waals surface area (Å²) in [5.74, 6) is 0. The van der Waals surface area contributed by atoms with Crippen LogP contribution in [0.5, 0.6) is 0 Å². The van der Waals surface area contributed by atoms with Crippen LogP contribution in [0.1, 0.15) is 13.8 Å². The molecule has 0 spiro atoms. The van der Waals surface area contributed by atoms with Crippen LogP contribution in [0.3, 0.4) is 0 Å². The molecule has 0 N–H and O–H groups in total. The quantitative estimate of drug-likeness (QED) is 0.444. The van der Waals surface area contributed by atoms with Crippen LogP contribution in [0.2, 0.25) is 16.1 Å². The van der Waals surface area contributed by atoms with Crippen LogP contribution in [-0.4, -0.2) is 13.6 Å². The van der Waals surface area contributed by atoms with Crippen molar-refractivity contribution < 1.29 is 0 Å². The van der Waals surface area contributed by atoms with Crippen molar-refractivity contribution >= 4 is 13.6 Å².